The lowest BCUT2D eigenvalue weighted by Crippen LogP contribution is -2.13. The minimum absolute atomic E-state index is 0.223. The van der Waals surface area contributed by atoms with Crippen molar-refractivity contribution in [2.45, 2.75) is 20.0 Å². The topological polar surface area (TPSA) is 46.2 Å². The summed E-state index contributed by atoms with van der Waals surface area (Å²) in [5, 5.41) is 10.3. The van der Waals surface area contributed by atoms with E-state index in [4.69, 9.17) is 17.3 Å². The van der Waals surface area contributed by atoms with Gasteiger partial charge in [-0.05, 0) is 36.6 Å². The van der Waals surface area contributed by atoms with Crippen LogP contribution in [0, 0.1) is 13.8 Å². The molecule has 0 aromatic heterocycles. The molecule has 13 heavy (non-hydrogen) atoms. The number of aliphatic hydroxyl groups excluding tert-OH is 1. The van der Waals surface area contributed by atoms with Crippen LogP contribution in [0.2, 0.25) is 5.02 Å². The summed E-state index contributed by atoms with van der Waals surface area (Å²) in [7, 11) is 0. The van der Waals surface area contributed by atoms with Gasteiger partial charge in [0.25, 0.3) is 0 Å². The molecule has 0 aliphatic carbocycles. The molecule has 0 aliphatic rings. The first kappa shape index (κ1) is 10.5. The number of hydrogen-bond acceptors (Lipinski definition) is 2. The van der Waals surface area contributed by atoms with Crippen molar-refractivity contribution in [2.24, 2.45) is 5.73 Å². The van der Waals surface area contributed by atoms with Crippen LogP contribution >= 0.6 is 11.6 Å². The van der Waals surface area contributed by atoms with Crippen molar-refractivity contribution in [3.8, 4) is 0 Å². The van der Waals surface area contributed by atoms with E-state index < -0.39 is 6.10 Å². The summed E-state index contributed by atoms with van der Waals surface area (Å²) >= 11 is 5.97. The molecule has 0 aliphatic heterocycles. The van der Waals surface area contributed by atoms with Crippen LogP contribution < -0.4 is 5.73 Å². The summed E-state index contributed by atoms with van der Waals surface area (Å²) in [5.74, 6) is 0. The number of rotatable bonds is 2. The molecule has 1 aromatic rings. The van der Waals surface area contributed by atoms with Crippen molar-refractivity contribution in [3.63, 3.8) is 0 Å². The second-order valence-corrected chi connectivity index (χ2v) is 3.62. The Kier molecular flexibility index (Phi) is 3.31. The molecule has 1 aromatic carbocycles. The largest absolute Gasteiger partial charge is 0.387 e. The standard InChI is InChI=1S/C10H14ClNO/c1-6-3-8(10(13)5-12)7(2)9(11)4-6/h3-4,10,13H,5,12H2,1-2H3. The molecule has 1 rings (SSSR count). The SMILES string of the molecule is Cc1cc(Cl)c(C)c(C(O)CN)c1. The lowest BCUT2D eigenvalue weighted by Gasteiger charge is -2.13. The van der Waals surface area contributed by atoms with Crippen LogP contribution in [-0.4, -0.2) is 11.7 Å². The number of benzene rings is 1. The van der Waals surface area contributed by atoms with Crippen LogP contribution in [0.15, 0.2) is 12.1 Å². The number of aryl methyl sites for hydroxylation is 1. The highest BCUT2D eigenvalue weighted by atomic mass is 35.5. The van der Waals surface area contributed by atoms with E-state index >= 15 is 0 Å². The number of nitrogens with two attached hydrogens (primary N) is 1. The lowest BCUT2D eigenvalue weighted by molar-refractivity contribution is 0.186. The van der Waals surface area contributed by atoms with E-state index in [1.165, 1.54) is 0 Å². The number of hydrogen-bond donors (Lipinski definition) is 2. The van der Waals surface area contributed by atoms with Crippen LogP contribution in [-0.2, 0) is 0 Å². The Balaban J connectivity index is 3.20. The van der Waals surface area contributed by atoms with Crippen molar-refractivity contribution in [1.82, 2.24) is 0 Å². The van der Waals surface area contributed by atoms with Crippen molar-refractivity contribution in [3.05, 3.63) is 33.8 Å². The molecule has 3 N–H and O–H groups in total. The molecule has 0 fully saturated rings. The summed E-state index contributed by atoms with van der Waals surface area (Å²) in [5.41, 5.74) is 8.15. The van der Waals surface area contributed by atoms with Gasteiger partial charge in [0.2, 0.25) is 0 Å². The minimum Gasteiger partial charge on any atom is -0.387 e. The molecule has 2 nitrogen and oxygen atoms in total. The maximum Gasteiger partial charge on any atom is 0.0915 e. The molecule has 0 radical (unpaired) electrons. The van der Waals surface area contributed by atoms with Gasteiger partial charge in [0, 0.05) is 11.6 Å². The summed E-state index contributed by atoms with van der Waals surface area (Å²) in [6, 6.07) is 3.79. The second kappa shape index (κ2) is 4.09. The fraction of sp³-hybridized carbons (Fsp3) is 0.400. The minimum atomic E-state index is -0.614. The van der Waals surface area contributed by atoms with Gasteiger partial charge in [0.15, 0.2) is 0 Å². The Labute approximate surface area is 83.3 Å². The lowest BCUT2D eigenvalue weighted by atomic mass is 10.0. The third-order valence-electron chi connectivity index (χ3n) is 2.11. The van der Waals surface area contributed by atoms with E-state index in [0.717, 1.165) is 16.7 Å². The molecule has 0 saturated heterocycles. The predicted molar refractivity (Wildman–Crippen MR) is 54.9 cm³/mol. The van der Waals surface area contributed by atoms with E-state index in [-0.39, 0.29) is 6.54 Å². The molecule has 0 bridgehead atoms. The molecule has 0 amide bonds. The van der Waals surface area contributed by atoms with Crippen LogP contribution in [0.1, 0.15) is 22.8 Å². The second-order valence-electron chi connectivity index (χ2n) is 3.21. The molecule has 3 heteroatoms. The zero-order valence-corrected chi connectivity index (χ0v) is 8.60. The zero-order valence-electron chi connectivity index (χ0n) is 7.84. The van der Waals surface area contributed by atoms with E-state index in [2.05, 4.69) is 0 Å². The normalized spacial score (nSPS) is 13.0. The summed E-state index contributed by atoms with van der Waals surface area (Å²) in [4.78, 5) is 0. The smallest absolute Gasteiger partial charge is 0.0915 e. The first-order valence-electron chi connectivity index (χ1n) is 4.21. The van der Waals surface area contributed by atoms with E-state index in [1.54, 1.807) is 0 Å². The van der Waals surface area contributed by atoms with Crippen LogP contribution in [0.25, 0.3) is 0 Å². The summed E-state index contributed by atoms with van der Waals surface area (Å²) < 4.78 is 0. The molecule has 1 unspecified atom stereocenters. The number of aliphatic hydroxyl groups is 1. The van der Waals surface area contributed by atoms with Gasteiger partial charge in [-0.2, -0.15) is 0 Å². The molecular weight excluding hydrogens is 186 g/mol. The monoisotopic (exact) mass is 199 g/mol. The van der Waals surface area contributed by atoms with Crippen molar-refractivity contribution in [2.75, 3.05) is 6.54 Å². The highest BCUT2D eigenvalue weighted by Gasteiger charge is 2.10. The molecule has 0 heterocycles. The third kappa shape index (κ3) is 2.21. The van der Waals surface area contributed by atoms with E-state index in [0.29, 0.717) is 5.02 Å². The Hall–Kier alpha value is -0.570. The summed E-state index contributed by atoms with van der Waals surface area (Å²) in [6.45, 7) is 4.05. The quantitative estimate of drug-likeness (QED) is 0.765. The van der Waals surface area contributed by atoms with Gasteiger partial charge in [0.1, 0.15) is 0 Å². The predicted octanol–water partition coefficient (Wildman–Crippen LogP) is 1.95. The van der Waals surface area contributed by atoms with Gasteiger partial charge in [0.05, 0.1) is 6.10 Å². The van der Waals surface area contributed by atoms with Crippen molar-refractivity contribution < 1.29 is 5.11 Å². The van der Waals surface area contributed by atoms with Gasteiger partial charge in [-0.1, -0.05) is 17.7 Å². The Morgan fingerprint density at radius 2 is 2.08 bits per heavy atom. The highest BCUT2D eigenvalue weighted by molar-refractivity contribution is 6.31. The summed E-state index contributed by atoms with van der Waals surface area (Å²) in [6.07, 6.45) is -0.614. The molecule has 0 spiro atoms. The fourth-order valence-electron chi connectivity index (χ4n) is 1.31. The number of halogens is 1. The van der Waals surface area contributed by atoms with E-state index in [9.17, 15) is 5.11 Å². The van der Waals surface area contributed by atoms with Crippen LogP contribution in [0.3, 0.4) is 0 Å². The highest BCUT2D eigenvalue weighted by Crippen LogP contribution is 2.25. The zero-order chi connectivity index (χ0) is 10.0. The first-order chi connectivity index (χ1) is 6.06. The average Bonchev–Trinajstić information content (AvgIpc) is 2.10. The van der Waals surface area contributed by atoms with Gasteiger partial charge in [-0.3, -0.25) is 0 Å². The fourth-order valence-corrected chi connectivity index (χ4v) is 1.60. The Morgan fingerprint density at radius 3 is 2.62 bits per heavy atom. The molecule has 1 atom stereocenters. The Morgan fingerprint density at radius 1 is 1.46 bits per heavy atom. The Bertz CT molecular complexity index is 312. The van der Waals surface area contributed by atoms with Gasteiger partial charge >= 0.3 is 0 Å². The van der Waals surface area contributed by atoms with Crippen molar-refractivity contribution in [1.29, 1.82) is 0 Å². The average molecular weight is 200 g/mol. The third-order valence-corrected chi connectivity index (χ3v) is 2.50. The van der Waals surface area contributed by atoms with Gasteiger partial charge < -0.3 is 10.8 Å². The van der Waals surface area contributed by atoms with E-state index in [1.807, 2.05) is 26.0 Å². The molecule has 72 valence electrons. The van der Waals surface area contributed by atoms with Crippen LogP contribution in [0.5, 0.6) is 0 Å². The molecule has 0 saturated carbocycles. The van der Waals surface area contributed by atoms with Crippen LogP contribution in [0.4, 0.5) is 0 Å². The maximum absolute atomic E-state index is 9.58. The maximum atomic E-state index is 9.58. The first-order valence-corrected chi connectivity index (χ1v) is 4.59. The van der Waals surface area contributed by atoms with Crippen molar-refractivity contribution >= 4 is 11.6 Å². The van der Waals surface area contributed by atoms with Gasteiger partial charge in [-0.15, -0.1) is 0 Å². The van der Waals surface area contributed by atoms with Gasteiger partial charge in [-0.25, -0.2) is 0 Å². The molecular formula is C10H14ClNO.